The molecule has 1 N–H and O–H groups in total. The van der Waals surface area contributed by atoms with E-state index >= 15 is 0 Å². The van der Waals surface area contributed by atoms with E-state index in [-0.39, 0.29) is 29.7 Å². The van der Waals surface area contributed by atoms with Crippen LogP contribution in [0, 0.1) is 5.82 Å². The number of hydrogen-bond donors (Lipinski definition) is 1. The Balaban J connectivity index is 1.94. The molecule has 0 saturated carbocycles. The molecule has 2 atom stereocenters. The SMILES string of the molecule is CC[C@H](CC(=O)O)c1cccc(O[C@H](C)c2ccc(-c3cc(OC)ccc3F)c(C(C)(C)C)c2)c1. The van der Waals surface area contributed by atoms with Crippen LogP contribution in [0.15, 0.2) is 60.7 Å². The van der Waals surface area contributed by atoms with Crippen molar-refractivity contribution >= 4 is 5.97 Å². The van der Waals surface area contributed by atoms with Gasteiger partial charge in [0.15, 0.2) is 0 Å². The first-order valence-electron chi connectivity index (χ1n) is 12.0. The Morgan fingerprint density at radius 2 is 1.71 bits per heavy atom. The van der Waals surface area contributed by atoms with Crippen molar-refractivity contribution < 1.29 is 23.8 Å². The number of carboxylic acids is 1. The molecular formula is C30H35FO4. The lowest BCUT2D eigenvalue weighted by Gasteiger charge is -2.26. The minimum absolute atomic E-state index is 0.0594. The van der Waals surface area contributed by atoms with E-state index in [1.54, 1.807) is 19.2 Å². The minimum Gasteiger partial charge on any atom is -0.497 e. The number of rotatable bonds is 9. The molecule has 4 nitrogen and oxygen atoms in total. The topological polar surface area (TPSA) is 55.8 Å². The zero-order valence-corrected chi connectivity index (χ0v) is 21.4. The summed E-state index contributed by atoms with van der Waals surface area (Å²) >= 11 is 0. The molecule has 0 aliphatic rings. The first-order chi connectivity index (χ1) is 16.5. The average molecular weight is 479 g/mol. The first-order valence-corrected chi connectivity index (χ1v) is 12.0. The number of methoxy groups -OCH3 is 1. The smallest absolute Gasteiger partial charge is 0.303 e. The van der Waals surface area contributed by atoms with E-state index in [4.69, 9.17) is 9.47 Å². The maximum absolute atomic E-state index is 14.8. The van der Waals surface area contributed by atoms with Crippen LogP contribution in [-0.2, 0) is 10.2 Å². The van der Waals surface area contributed by atoms with Crippen molar-refractivity contribution in [3.8, 4) is 22.6 Å². The highest BCUT2D eigenvalue weighted by Crippen LogP contribution is 2.38. The van der Waals surface area contributed by atoms with Crippen molar-refractivity contribution in [2.75, 3.05) is 7.11 Å². The summed E-state index contributed by atoms with van der Waals surface area (Å²) in [5.74, 6) is 0.140. The zero-order chi connectivity index (χ0) is 25.8. The maximum Gasteiger partial charge on any atom is 0.303 e. The van der Waals surface area contributed by atoms with Gasteiger partial charge in [-0.2, -0.15) is 0 Å². The van der Waals surface area contributed by atoms with Crippen LogP contribution in [0.25, 0.3) is 11.1 Å². The molecule has 0 aromatic heterocycles. The lowest BCUT2D eigenvalue weighted by molar-refractivity contribution is -0.137. The lowest BCUT2D eigenvalue weighted by atomic mass is 9.80. The van der Waals surface area contributed by atoms with Crippen LogP contribution in [0.1, 0.15) is 76.2 Å². The highest BCUT2D eigenvalue weighted by molar-refractivity contribution is 5.71. The molecule has 5 heteroatoms. The molecule has 0 fully saturated rings. The quantitative estimate of drug-likeness (QED) is 0.339. The first kappa shape index (κ1) is 26.3. The number of hydrogen-bond acceptors (Lipinski definition) is 3. The Morgan fingerprint density at radius 3 is 2.34 bits per heavy atom. The van der Waals surface area contributed by atoms with Crippen molar-refractivity contribution in [2.24, 2.45) is 0 Å². The Bertz CT molecular complexity index is 1180. The van der Waals surface area contributed by atoms with Gasteiger partial charge >= 0.3 is 5.97 Å². The van der Waals surface area contributed by atoms with E-state index in [1.165, 1.54) is 6.07 Å². The summed E-state index contributed by atoms with van der Waals surface area (Å²) in [6, 6.07) is 18.4. The van der Waals surface area contributed by atoms with E-state index in [0.29, 0.717) is 17.1 Å². The predicted octanol–water partition coefficient (Wildman–Crippen LogP) is 7.91. The maximum atomic E-state index is 14.8. The fourth-order valence-electron chi connectivity index (χ4n) is 4.33. The number of carboxylic acid groups (broad SMARTS) is 1. The summed E-state index contributed by atoms with van der Waals surface area (Å²) in [4.78, 5) is 11.2. The van der Waals surface area contributed by atoms with Gasteiger partial charge in [-0.3, -0.25) is 4.79 Å². The van der Waals surface area contributed by atoms with Crippen LogP contribution in [0.4, 0.5) is 4.39 Å². The number of carbonyl (C=O) groups is 1. The second-order valence-corrected chi connectivity index (χ2v) is 9.94. The molecule has 3 aromatic rings. The Labute approximate surface area is 207 Å². The predicted molar refractivity (Wildman–Crippen MR) is 138 cm³/mol. The van der Waals surface area contributed by atoms with Gasteiger partial charge in [-0.05, 0) is 77.3 Å². The fraction of sp³-hybridized carbons (Fsp3) is 0.367. The zero-order valence-electron chi connectivity index (χ0n) is 21.4. The minimum atomic E-state index is -0.807. The monoisotopic (exact) mass is 478 g/mol. The van der Waals surface area contributed by atoms with Crippen LogP contribution in [-0.4, -0.2) is 18.2 Å². The van der Waals surface area contributed by atoms with Crippen LogP contribution in [0.5, 0.6) is 11.5 Å². The van der Waals surface area contributed by atoms with E-state index in [9.17, 15) is 14.3 Å². The molecule has 0 aliphatic heterocycles. The number of benzene rings is 3. The highest BCUT2D eigenvalue weighted by atomic mass is 19.1. The molecule has 0 unspecified atom stereocenters. The molecule has 3 rings (SSSR count). The van der Waals surface area contributed by atoms with Crippen LogP contribution < -0.4 is 9.47 Å². The van der Waals surface area contributed by atoms with Gasteiger partial charge in [0.1, 0.15) is 23.4 Å². The third-order valence-corrected chi connectivity index (χ3v) is 6.34. The van der Waals surface area contributed by atoms with Crippen molar-refractivity contribution in [3.63, 3.8) is 0 Å². The second-order valence-electron chi connectivity index (χ2n) is 9.94. The van der Waals surface area contributed by atoms with Crippen LogP contribution in [0.3, 0.4) is 0 Å². The third kappa shape index (κ3) is 6.41. The van der Waals surface area contributed by atoms with Gasteiger partial charge in [-0.1, -0.05) is 58.0 Å². The van der Waals surface area contributed by atoms with Crippen molar-refractivity contribution in [3.05, 3.63) is 83.2 Å². The van der Waals surface area contributed by atoms with Gasteiger partial charge in [0.25, 0.3) is 0 Å². The largest absolute Gasteiger partial charge is 0.497 e. The van der Waals surface area contributed by atoms with E-state index in [0.717, 1.165) is 28.7 Å². The Morgan fingerprint density at radius 1 is 0.971 bits per heavy atom. The van der Waals surface area contributed by atoms with Gasteiger partial charge < -0.3 is 14.6 Å². The lowest BCUT2D eigenvalue weighted by Crippen LogP contribution is -2.15. The molecule has 0 amide bonds. The normalized spacial score (nSPS) is 13.2. The van der Waals surface area contributed by atoms with Gasteiger partial charge in [-0.15, -0.1) is 0 Å². The standard InChI is InChI=1S/C30H35FO4/c1-7-20(17-29(32)33)22-9-8-10-24(15-22)35-19(2)21-11-13-25(27(16-21)30(3,4)5)26-18-23(34-6)12-14-28(26)31/h8-16,18-20H,7,17H2,1-6H3,(H,32,33)/t19-,20-/m1/s1. The van der Waals surface area contributed by atoms with Gasteiger partial charge in [0.05, 0.1) is 13.5 Å². The molecular weight excluding hydrogens is 443 g/mol. The van der Waals surface area contributed by atoms with Crippen molar-refractivity contribution in [1.29, 1.82) is 0 Å². The van der Waals surface area contributed by atoms with E-state index in [2.05, 4.69) is 26.8 Å². The van der Waals surface area contributed by atoms with Crippen LogP contribution in [0.2, 0.25) is 0 Å². The van der Waals surface area contributed by atoms with Gasteiger partial charge in [0.2, 0.25) is 0 Å². The highest BCUT2D eigenvalue weighted by Gasteiger charge is 2.23. The number of halogens is 1. The van der Waals surface area contributed by atoms with Crippen molar-refractivity contribution in [1.82, 2.24) is 0 Å². The van der Waals surface area contributed by atoms with Gasteiger partial charge in [0, 0.05) is 5.56 Å². The molecule has 35 heavy (non-hydrogen) atoms. The molecule has 186 valence electrons. The fourth-order valence-corrected chi connectivity index (χ4v) is 4.33. The number of aliphatic carboxylic acids is 1. The van der Waals surface area contributed by atoms with E-state index in [1.807, 2.05) is 50.2 Å². The van der Waals surface area contributed by atoms with E-state index < -0.39 is 5.97 Å². The number of ether oxygens (including phenoxy) is 2. The van der Waals surface area contributed by atoms with Gasteiger partial charge in [-0.25, -0.2) is 4.39 Å². The Hall–Kier alpha value is -3.34. The second kappa shape index (κ2) is 10.9. The molecule has 3 aromatic carbocycles. The molecule has 0 radical (unpaired) electrons. The molecule has 0 spiro atoms. The molecule has 0 bridgehead atoms. The summed E-state index contributed by atoms with van der Waals surface area (Å²) in [6.45, 7) is 10.3. The molecule has 0 saturated heterocycles. The summed E-state index contributed by atoms with van der Waals surface area (Å²) in [5, 5.41) is 9.22. The molecule has 0 heterocycles. The Kier molecular flexibility index (Phi) is 8.21. The van der Waals surface area contributed by atoms with Crippen molar-refractivity contribution in [2.45, 2.75) is 64.9 Å². The summed E-state index contributed by atoms with van der Waals surface area (Å²) < 4.78 is 26.4. The summed E-state index contributed by atoms with van der Waals surface area (Å²) in [5.41, 5.74) is 4.05. The third-order valence-electron chi connectivity index (χ3n) is 6.34. The summed E-state index contributed by atoms with van der Waals surface area (Å²) in [6.07, 6.45) is 0.574. The average Bonchev–Trinajstić information content (AvgIpc) is 2.82. The molecule has 0 aliphatic carbocycles. The summed E-state index contributed by atoms with van der Waals surface area (Å²) in [7, 11) is 1.57. The van der Waals surface area contributed by atoms with Crippen LogP contribution >= 0.6 is 0 Å².